The minimum atomic E-state index is 0. The quantitative estimate of drug-likeness (QED) is 0.238. The lowest BCUT2D eigenvalue weighted by molar-refractivity contribution is 0.0389. The van der Waals surface area contributed by atoms with Crippen LogP contribution < -0.4 is 10.6 Å². The molecule has 0 aromatic carbocycles. The standard InChI is InChI=1S/C15H32N4O2.HI/c1-3-4-11-20-12-5-6-17-15(16-2)18-7-8-19-9-13-21-14-10-19;/h3-14H2,1-2H3,(H2,16,17,18);1H. The van der Waals surface area contributed by atoms with E-state index in [4.69, 9.17) is 9.47 Å². The molecule has 0 aromatic rings. The van der Waals surface area contributed by atoms with Crippen LogP contribution in [0.2, 0.25) is 0 Å². The van der Waals surface area contributed by atoms with E-state index in [-0.39, 0.29) is 24.0 Å². The summed E-state index contributed by atoms with van der Waals surface area (Å²) in [7, 11) is 1.81. The number of ether oxygens (including phenoxy) is 2. The number of unbranched alkanes of at least 4 members (excludes halogenated alkanes) is 1. The number of rotatable bonds is 10. The molecule has 6 nitrogen and oxygen atoms in total. The van der Waals surface area contributed by atoms with Crippen molar-refractivity contribution in [1.29, 1.82) is 0 Å². The molecular formula is C15H33IN4O2. The highest BCUT2D eigenvalue weighted by Crippen LogP contribution is 1.94. The van der Waals surface area contributed by atoms with Crippen molar-refractivity contribution < 1.29 is 9.47 Å². The van der Waals surface area contributed by atoms with Crippen LogP contribution in [0.25, 0.3) is 0 Å². The molecule has 1 rings (SSSR count). The highest BCUT2D eigenvalue weighted by Gasteiger charge is 2.09. The number of nitrogens with one attached hydrogen (secondary N) is 2. The fourth-order valence-electron chi connectivity index (χ4n) is 2.11. The second-order valence-electron chi connectivity index (χ2n) is 5.20. The number of hydrogen-bond donors (Lipinski definition) is 2. The van der Waals surface area contributed by atoms with Crippen molar-refractivity contribution in [3.05, 3.63) is 0 Å². The maximum Gasteiger partial charge on any atom is 0.191 e. The average Bonchev–Trinajstić information content (AvgIpc) is 2.53. The summed E-state index contributed by atoms with van der Waals surface area (Å²) in [4.78, 5) is 6.64. The van der Waals surface area contributed by atoms with Crippen LogP contribution in [0.4, 0.5) is 0 Å². The highest BCUT2D eigenvalue weighted by atomic mass is 127. The van der Waals surface area contributed by atoms with Gasteiger partial charge < -0.3 is 20.1 Å². The second kappa shape index (κ2) is 15.8. The van der Waals surface area contributed by atoms with Gasteiger partial charge in [-0.25, -0.2) is 0 Å². The van der Waals surface area contributed by atoms with Crippen LogP contribution in [0, 0.1) is 0 Å². The molecule has 0 radical (unpaired) electrons. The monoisotopic (exact) mass is 428 g/mol. The van der Waals surface area contributed by atoms with E-state index in [1.807, 2.05) is 7.05 Å². The molecule has 1 saturated heterocycles. The maximum absolute atomic E-state index is 5.53. The molecule has 0 amide bonds. The number of aliphatic imine (C=N–C) groups is 1. The zero-order valence-electron chi connectivity index (χ0n) is 14.1. The Labute approximate surface area is 152 Å². The Kier molecular flexibility index (Phi) is 15.7. The molecule has 0 unspecified atom stereocenters. The third-order valence-electron chi connectivity index (χ3n) is 3.45. The van der Waals surface area contributed by atoms with Gasteiger partial charge in [0.15, 0.2) is 5.96 Å². The molecule has 1 heterocycles. The van der Waals surface area contributed by atoms with Gasteiger partial charge in [0.2, 0.25) is 0 Å². The van der Waals surface area contributed by atoms with Gasteiger partial charge in [0.05, 0.1) is 13.2 Å². The summed E-state index contributed by atoms with van der Waals surface area (Å²) >= 11 is 0. The van der Waals surface area contributed by atoms with Crippen LogP contribution in [0.3, 0.4) is 0 Å². The topological polar surface area (TPSA) is 58.1 Å². The van der Waals surface area contributed by atoms with E-state index in [1.165, 1.54) is 6.42 Å². The molecule has 132 valence electrons. The number of halogens is 1. The van der Waals surface area contributed by atoms with Crippen molar-refractivity contribution in [2.24, 2.45) is 4.99 Å². The molecule has 2 N–H and O–H groups in total. The third kappa shape index (κ3) is 11.4. The molecule has 22 heavy (non-hydrogen) atoms. The van der Waals surface area contributed by atoms with Gasteiger partial charge in [-0.05, 0) is 12.8 Å². The minimum absolute atomic E-state index is 0. The summed E-state index contributed by atoms with van der Waals surface area (Å²) < 4.78 is 10.9. The molecule has 1 aliphatic rings. The Morgan fingerprint density at radius 3 is 2.50 bits per heavy atom. The van der Waals surface area contributed by atoms with Gasteiger partial charge in [0, 0.05) is 53.0 Å². The van der Waals surface area contributed by atoms with Gasteiger partial charge in [0.1, 0.15) is 0 Å². The predicted octanol–water partition coefficient (Wildman–Crippen LogP) is 1.31. The summed E-state index contributed by atoms with van der Waals surface area (Å²) in [6.07, 6.45) is 3.35. The van der Waals surface area contributed by atoms with E-state index in [0.29, 0.717) is 0 Å². The molecule has 0 bridgehead atoms. The zero-order chi connectivity index (χ0) is 15.2. The van der Waals surface area contributed by atoms with Gasteiger partial charge in [-0.3, -0.25) is 9.89 Å². The molecule has 7 heteroatoms. The van der Waals surface area contributed by atoms with Crippen molar-refractivity contribution >= 4 is 29.9 Å². The molecule has 1 fully saturated rings. The summed E-state index contributed by atoms with van der Waals surface area (Å²) in [5.41, 5.74) is 0. The van der Waals surface area contributed by atoms with Gasteiger partial charge in [0.25, 0.3) is 0 Å². The van der Waals surface area contributed by atoms with E-state index in [0.717, 1.165) is 78.0 Å². The lowest BCUT2D eigenvalue weighted by Gasteiger charge is -2.26. The number of morpholine rings is 1. The molecule has 0 spiro atoms. The van der Waals surface area contributed by atoms with Crippen LogP contribution in [0.15, 0.2) is 4.99 Å². The van der Waals surface area contributed by atoms with Crippen LogP contribution in [-0.2, 0) is 9.47 Å². The van der Waals surface area contributed by atoms with Crippen molar-refractivity contribution in [3.63, 3.8) is 0 Å². The van der Waals surface area contributed by atoms with E-state index < -0.39 is 0 Å². The number of hydrogen-bond acceptors (Lipinski definition) is 4. The summed E-state index contributed by atoms with van der Waals surface area (Å²) in [5, 5.41) is 6.66. The van der Waals surface area contributed by atoms with E-state index >= 15 is 0 Å². The first-order valence-corrected chi connectivity index (χ1v) is 8.19. The van der Waals surface area contributed by atoms with Crippen LogP contribution in [-0.4, -0.2) is 77.1 Å². The van der Waals surface area contributed by atoms with E-state index in [1.54, 1.807) is 0 Å². The second-order valence-corrected chi connectivity index (χ2v) is 5.20. The summed E-state index contributed by atoms with van der Waals surface area (Å²) in [6, 6.07) is 0. The highest BCUT2D eigenvalue weighted by molar-refractivity contribution is 14.0. The lowest BCUT2D eigenvalue weighted by atomic mass is 10.4. The first-order chi connectivity index (χ1) is 10.4. The van der Waals surface area contributed by atoms with Crippen molar-refractivity contribution in [1.82, 2.24) is 15.5 Å². The third-order valence-corrected chi connectivity index (χ3v) is 3.45. The fourth-order valence-corrected chi connectivity index (χ4v) is 2.11. The van der Waals surface area contributed by atoms with E-state index in [2.05, 4.69) is 27.4 Å². The maximum atomic E-state index is 5.53. The zero-order valence-corrected chi connectivity index (χ0v) is 16.4. The Morgan fingerprint density at radius 1 is 1.14 bits per heavy atom. The lowest BCUT2D eigenvalue weighted by Crippen LogP contribution is -2.44. The SMILES string of the molecule is CCCCOCCCNC(=NC)NCCN1CCOCC1.I. The van der Waals surface area contributed by atoms with Crippen LogP contribution in [0.5, 0.6) is 0 Å². The Bertz CT molecular complexity index is 274. The minimum Gasteiger partial charge on any atom is -0.381 e. The molecule has 1 aliphatic heterocycles. The van der Waals surface area contributed by atoms with Gasteiger partial charge in [-0.2, -0.15) is 0 Å². The van der Waals surface area contributed by atoms with Crippen molar-refractivity contribution in [2.75, 3.05) is 66.2 Å². The predicted molar refractivity (Wildman–Crippen MR) is 102 cm³/mol. The van der Waals surface area contributed by atoms with Gasteiger partial charge >= 0.3 is 0 Å². The Hall–Kier alpha value is -0.120. The van der Waals surface area contributed by atoms with Crippen LogP contribution >= 0.6 is 24.0 Å². The first-order valence-electron chi connectivity index (χ1n) is 8.19. The average molecular weight is 428 g/mol. The smallest absolute Gasteiger partial charge is 0.191 e. The summed E-state index contributed by atoms with van der Waals surface area (Å²) in [5.74, 6) is 0.872. The van der Waals surface area contributed by atoms with Crippen LogP contribution in [0.1, 0.15) is 26.2 Å². The number of guanidine groups is 1. The van der Waals surface area contributed by atoms with Crippen molar-refractivity contribution in [3.8, 4) is 0 Å². The van der Waals surface area contributed by atoms with Crippen molar-refractivity contribution in [2.45, 2.75) is 26.2 Å². The fraction of sp³-hybridized carbons (Fsp3) is 0.933. The molecule has 0 atom stereocenters. The first kappa shape index (κ1) is 21.9. The summed E-state index contributed by atoms with van der Waals surface area (Å²) in [6.45, 7) is 10.5. The molecule has 0 aromatic heterocycles. The van der Waals surface area contributed by atoms with Gasteiger partial charge in [-0.1, -0.05) is 13.3 Å². The normalized spacial score (nSPS) is 16.2. The largest absolute Gasteiger partial charge is 0.381 e. The van der Waals surface area contributed by atoms with E-state index in [9.17, 15) is 0 Å². The molecular weight excluding hydrogens is 395 g/mol. The Balaban J connectivity index is 0.00000441. The Morgan fingerprint density at radius 2 is 1.82 bits per heavy atom. The number of nitrogens with zero attached hydrogens (tertiary/aromatic N) is 2. The molecule has 0 aliphatic carbocycles. The molecule has 0 saturated carbocycles. The van der Waals surface area contributed by atoms with Gasteiger partial charge in [-0.15, -0.1) is 24.0 Å².